The molecule has 0 N–H and O–H groups in total. The molecule has 1 aliphatic rings. The zero-order valence-corrected chi connectivity index (χ0v) is 25.5. The minimum atomic E-state index is 0. The van der Waals surface area contributed by atoms with Gasteiger partial charge in [-0.1, -0.05) is 75.1 Å². The second kappa shape index (κ2) is 15.2. The molecule has 1 atom stereocenters. The van der Waals surface area contributed by atoms with Crippen LogP contribution in [0, 0.1) is 12.0 Å². The van der Waals surface area contributed by atoms with E-state index in [0.29, 0.717) is 5.92 Å². The van der Waals surface area contributed by atoms with E-state index in [-0.39, 0.29) is 30.2 Å². The summed E-state index contributed by atoms with van der Waals surface area (Å²) in [6.45, 7) is 15.5. The molecular formula is C28H36Cl2SiZr. The largest absolute Gasteiger partial charge is 0.147 e. The van der Waals surface area contributed by atoms with Crippen molar-refractivity contribution in [2.75, 3.05) is 0 Å². The summed E-state index contributed by atoms with van der Waals surface area (Å²) in [6, 6.07) is 21.7. The molecule has 0 spiro atoms. The maximum atomic E-state index is 3.36. The summed E-state index contributed by atoms with van der Waals surface area (Å²) in [5, 5.41) is 2.68. The summed E-state index contributed by atoms with van der Waals surface area (Å²) in [4.78, 5) is 0. The molecule has 0 aliphatic heterocycles. The molecule has 170 valence electrons. The van der Waals surface area contributed by atoms with E-state index in [0.717, 1.165) is 6.42 Å². The standard InChI is InChI=1S/C17H15.C9H13.C2H6Si.2ClH.Zr/c1-2-13-7-3-5-9-15(13)17-12-11-14-8-4-6-10-16(14)17;1-6-5-7(2)9(4)8(6)3;1-3-2;;;/h3-12H,2H2,1H3;6H,1-4H3;1-2H3;2*1H;/q2*-1;;;;+2. The first-order valence-corrected chi connectivity index (χ1v) is 17.0. The third-order valence-corrected chi connectivity index (χ3v) is 5.61. The van der Waals surface area contributed by atoms with E-state index in [9.17, 15) is 0 Å². The van der Waals surface area contributed by atoms with E-state index in [1.807, 2.05) is 0 Å². The number of benzene rings is 2. The van der Waals surface area contributed by atoms with Crippen LogP contribution in [0.1, 0.15) is 40.2 Å². The molecule has 0 saturated heterocycles. The van der Waals surface area contributed by atoms with E-state index in [4.69, 9.17) is 0 Å². The van der Waals surface area contributed by atoms with E-state index in [1.165, 1.54) is 44.2 Å². The molecule has 3 aromatic carbocycles. The van der Waals surface area contributed by atoms with Crippen molar-refractivity contribution >= 4 is 41.0 Å². The van der Waals surface area contributed by atoms with E-state index >= 15 is 0 Å². The quantitative estimate of drug-likeness (QED) is 0.216. The van der Waals surface area contributed by atoms with E-state index in [1.54, 1.807) is 23.3 Å². The number of aryl methyl sites for hydroxylation is 1. The fourth-order valence-corrected chi connectivity index (χ4v) is 3.64. The fraction of sp³-hybridized carbons (Fsp3) is 0.321. The summed E-state index contributed by atoms with van der Waals surface area (Å²) >= 11 is 1.74. The Labute approximate surface area is 223 Å². The van der Waals surface area contributed by atoms with Crippen LogP contribution in [0.3, 0.4) is 0 Å². The van der Waals surface area contributed by atoms with Gasteiger partial charge in [-0.2, -0.15) is 11.1 Å². The van der Waals surface area contributed by atoms with Gasteiger partial charge < -0.3 is 0 Å². The minimum absolute atomic E-state index is 0. The van der Waals surface area contributed by atoms with Gasteiger partial charge in [0.1, 0.15) is 0 Å². The first kappa shape index (κ1) is 31.2. The van der Waals surface area contributed by atoms with Gasteiger partial charge in [-0.25, -0.2) is 5.57 Å². The van der Waals surface area contributed by atoms with Gasteiger partial charge in [-0.05, 0) is 6.42 Å². The summed E-state index contributed by atoms with van der Waals surface area (Å²) in [5.41, 5.74) is 8.61. The smallest absolute Gasteiger partial charge is 0.147 e. The molecule has 4 heteroatoms. The molecule has 3 aromatic rings. The number of halogens is 2. The number of fused-ring (bicyclic) bond motifs is 1. The van der Waals surface area contributed by atoms with Gasteiger partial charge in [0, 0.05) is 0 Å². The minimum Gasteiger partial charge on any atom is -0.147 e. The maximum absolute atomic E-state index is 3.36. The Balaban J connectivity index is 0.000000547. The normalized spacial score (nSPS) is 14.3. The molecule has 0 amide bonds. The van der Waals surface area contributed by atoms with Crippen LogP contribution in [-0.4, -0.2) is 5.43 Å². The fourth-order valence-electron chi connectivity index (χ4n) is 3.64. The molecule has 1 unspecified atom stereocenters. The van der Waals surface area contributed by atoms with Crippen molar-refractivity contribution in [2.45, 2.75) is 54.1 Å². The Morgan fingerprint density at radius 3 is 2.00 bits per heavy atom. The second-order valence-corrected chi connectivity index (χ2v) is 17.5. The van der Waals surface area contributed by atoms with Crippen LogP contribution < -0.4 is 0 Å². The van der Waals surface area contributed by atoms with Gasteiger partial charge in [0.25, 0.3) is 0 Å². The van der Waals surface area contributed by atoms with Crippen LogP contribution in [0.2, 0.25) is 13.1 Å². The van der Waals surface area contributed by atoms with Gasteiger partial charge in [-0.15, -0.1) is 78.4 Å². The van der Waals surface area contributed by atoms with Gasteiger partial charge >= 0.3 is 41.9 Å². The molecule has 4 rings (SSSR count). The Kier molecular flexibility index (Phi) is 14.8. The Hall–Kier alpha value is -0.790. The van der Waals surface area contributed by atoms with Gasteiger partial charge in [-0.3, -0.25) is 6.08 Å². The molecule has 0 saturated carbocycles. The molecule has 0 heterocycles. The monoisotopic (exact) mass is 560 g/mol. The summed E-state index contributed by atoms with van der Waals surface area (Å²) in [6.07, 6.45) is 4.44. The molecule has 0 bridgehead atoms. The first-order chi connectivity index (χ1) is 14.3. The average Bonchev–Trinajstić information content (AvgIpc) is 3.25. The van der Waals surface area contributed by atoms with Gasteiger partial charge in [0.2, 0.25) is 0 Å². The van der Waals surface area contributed by atoms with Gasteiger partial charge in [0.05, 0.1) is 0 Å². The SMILES string of the molecule is CC1=[C-]C(C)C(C)=C1C.CCc1ccccc1-c1c[cH-]c2ccccc12.C[Si](C)=[Zr+2].Cl.Cl. The Bertz CT molecular complexity index is 1070. The first-order valence-electron chi connectivity index (χ1n) is 10.8. The van der Waals surface area contributed by atoms with Crippen molar-refractivity contribution < 1.29 is 23.3 Å². The zero-order chi connectivity index (χ0) is 22.3. The Morgan fingerprint density at radius 1 is 0.938 bits per heavy atom. The average molecular weight is 563 g/mol. The third kappa shape index (κ3) is 8.53. The van der Waals surface area contributed by atoms with Gasteiger partial charge in [0.15, 0.2) is 0 Å². The van der Waals surface area contributed by atoms with Crippen molar-refractivity contribution in [2.24, 2.45) is 5.92 Å². The van der Waals surface area contributed by atoms with Crippen LogP contribution >= 0.6 is 24.8 Å². The molecule has 32 heavy (non-hydrogen) atoms. The third-order valence-electron chi connectivity index (χ3n) is 5.61. The number of hydrogen-bond donors (Lipinski definition) is 0. The van der Waals surface area contributed by atoms with Crippen LogP contribution in [-0.2, 0) is 29.8 Å². The van der Waals surface area contributed by atoms with Crippen LogP contribution in [0.25, 0.3) is 21.9 Å². The number of allylic oxidation sites excluding steroid dienone is 4. The molecule has 0 nitrogen and oxygen atoms in total. The predicted molar refractivity (Wildman–Crippen MR) is 146 cm³/mol. The van der Waals surface area contributed by atoms with E-state index < -0.39 is 0 Å². The van der Waals surface area contributed by atoms with Crippen molar-refractivity contribution in [3.63, 3.8) is 0 Å². The molecule has 1 aliphatic carbocycles. The van der Waals surface area contributed by atoms with Crippen molar-refractivity contribution in [1.29, 1.82) is 0 Å². The van der Waals surface area contributed by atoms with Crippen molar-refractivity contribution in [1.82, 2.24) is 0 Å². The molecular weight excluding hydrogens is 527 g/mol. The summed E-state index contributed by atoms with van der Waals surface area (Å²) in [5.74, 6) is 0.560. The van der Waals surface area contributed by atoms with Crippen LogP contribution in [0.15, 0.2) is 77.4 Å². The van der Waals surface area contributed by atoms with E-state index in [2.05, 4.69) is 114 Å². The zero-order valence-electron chi connectivity index (χ0n) is 20.4. The second-order valence-electron chi connectivity index (χ2n) is 8.14. The van der Waals surface area contributed by atoms with Crippen molar-refractivity contribution in [3.8, 4) is 11.1 Å². The predicted octanol–water partition coefficient (Wildman–Crippen LogP) is 9.14. The topological polar surface area (TPSA) is 0 Å². The summed E-state index contributed by atoms with van der Waals surface area (Å²) < 4.78 is 0. The van der Waals surface area contributed by atoms with Crippen LogP contribution in [0.5, 0.6) is 0 Å². The summed E-state index contributed by atoms with van der Waals surface area (Å²) in [7, 11) is 0. The Morgan fingerprint density at radius 2 is 1.50 bits per heavy atom. The number of hydrogen-bond acceptors (Lipinski definition) is 0. The van der Waals surface area contributed by atoms with Crippen LogP contribution in [0.4, 0.5) is 0 Å². The maximum Gasteiger partial charge on any atom is -0.147 e. The number of rotatable bonds is 2. The van der Waals surface area contributed by atoms with Crippen molar-refractivity contribution in [3.05, 3.63) is 89.0 Å². The molecule has 0 radical (unpaired) electrons. The molecule has 0 aromatic heterocycles. The molecule has 0 fully saturated rings.